The highest BCUT2D eigenvalue weighted by molar-refractivity contribution is 5.90. The molecule has 1 atom stereocenters. The Balaban J connectivity index is 3.12. The highest BCUT2D eigenvalue weighted by atomic mass is 16.4. The molecule has 0 bridgehead atoms. The van der Waals surface area contributed by atoms with Crippen molar-refractivity contribution in [2.75, 3.05) is 7.05 Å². The fourth-order valence-corrected chi connectivity index (χ4v) is 2.25. The molecule has 1 aromatic rings. The molecular weight excluding hydrogens is 258 g/mol. The molecule has 0 aromatic carbocycles. The van der Waals surface area contributed by atoms with Crippen LogP contribution in [0.4, 0.5) is 0 Å². The molecule has 1 N–H and O–H groups in total. The number of carboxylic acids is 1. The van der Waals surface area contributed by atoms with E-state index in [2.05, 4.69) is 5.10 Å². The first-order valence-corrected chi connectivity index (χ1v) is 6.53. The second-order valence-electron chi connectivity index (χ2n) is 5.69. The number of rotatable bonds is 4. The van der Waals surface area contributed by atoms with Crippen LogP contribution in [-0.4, -0.2) is 44.3 Å². The van der Waals surface area contributed by atoms with Crippen molar-refractivity contribution in [1.29, 1.82) is 0 Å². The summed E-state index contributed by atoms with van der Waals surface area (Å²) >= 11 is 0. The standard InChI is InChI=1S/C14H23N3O3/c1-8(11-9(2)15-17(7)10(11)3)12(18)16(6)14(4,5)13(19)20/h8H,1-7H3,(H,19,20). The van der Waals surface area contributed by atoms with Crippen LogP contribution in [0.1, 0.15) is 43.6 Å². The van der Waals surface area contributed by atoms with Crippen LogP contribution < -0.4 is 0 Å². The van der Waals surface area contributed by atoms with Crippen LogP contribution in [-0.2, 0) is 16.6 Å². The lowest BCUT2D eigenvalue weighted by atomic mass is 9.95. The van der Waals surface area contributed by atoms with Crippen molar-refractivity contribution in [3.63, 3.8) is 0 Å². The predicted molar refractivity (Wildman–Crippen MR) is 75.6 cm³/mol. The molecule has 0 spiro atoms. The van der Waals surface area contributed by atoms with E-state index in [0.717, 1.165) is 17.0 Å². The van der Waals surface area contributed by atoms with Crippen molar-refractivity contribution in [2.45, 2.75) is 46.1 Å². The second-order valence-corrected chi connectivity index (χ2v) is 5.69. The van der Waals surface area contributed by atoms with Gasteiger partial charge in [-0.1, -0.05) is 0 Å². The number of carbonyl (C=O) groups is 2. The fraction of sp³-hybridized carbons (Fsp3) is 0.643. The summed E-state index contributed by atoms with van der Waals surface area (Å²) in [6.45, 7) is 8.58. The number of carbonyl (C=O) groups excluding carboxylic acids is 1. The number of hydrogen-bond donors (Lipinski definition) is 1. The van der Waals surface area contributed by atoms with Crippen LogP contribution in [0.5, 0.6) is 0 Å². The van der Waals surface area contributed by atoms with E-state index in [1.807, 2.05) is 20.9 Å². The van der Waals surface area contributed by atoms with E-state index < -0.39 is 17.4 Å². The molecule has 6 nitrogen and oxygen atoms in total. The van der Waals surface area contributed by atoms with Crippen molar-refractivity contribution in [3.8, 4) is 0 Å². The molecule has 0 aliphatic carbocycles. The highest BCUT2D eigenvalue weighted by Crippen LogP contribution is 2.26. The minimum absolute atomic E-state index is 0.225. The van der Waals surface area contributed by atoms with Gasteiger partial charge in [0.2, 0.25) is 5.91 Å². The number of hydrogen-bond acceptors (Lipinski definition) is 3. The van der Waals surface area contributed by atoms with Crippen LogP contribution in [0.15, 0.2) is 0 Å². The summed E-state index contributed by atoms with van der Waals surface area (Å²) in [6.07, 6.45) is 0. The van der Waals surface area contributed by atoms with Crippen molar-refractivity contribution in [2.24, 2.45) is 7.05 Å². The third kappa shape index (κ3) is 2.55. The fourth-order valence-electron chi connectivity index (χ4n) is 2.25. The van der Waals surface area contributed by atoms with Crippen LogP contribution in [0.2, 0.25) is 0 Å². The van der Waals surface area contributed by atoms with E-state index >= 15 is 0 Å². The first-order chi connectivity index (χ1) is 9.01. The number of aromatic nitrogens is 2. The number of carboxylic acid groups (broad SMARTS) is 1. The van der Waals surface area contributed by atoms with Gasteiger partial charge in [0.05, 0.1) is 11.6 Å². The van der Waals surface area contributed by atoms with Crippen LogP contribution >= 0.6 is 0 Å². The lowest BCUT2D eigenvalue weighted by Crippen LogP contribution is -2.52. The van der Waals surface area contributed by atoms with Crippen molar-refractivity contribution < 1.29 is 14.7 Å². The third-order valence-corrected chi connectivity index (χ3v) is 4.06. The Hall–Kier alpha value is -1.85. The average molecular weight is 281 g/mol. The van der Waals surface area contributed by atoms with Crippen molar-refractivity contribution in [1.82, 2.24) is 14.7 Å². The van der Waals surface area contributed by atoms with Gasteiger partial charge in [0.1, 0.15) is 5.54 Å². The summed E-state index contributed by atoms with van der Waals surface area (Å²) in [5.41, 5.74) is 1.35. The Morgan fingerprint density at radius 1 is 1.35 bits per heavy atom. The van der Waals surface area contributed by atoms with Crippen LogP contribution in [0.3, 0.4) is 0 Å². The molecule has 0 saturated carbocycles. The second kappa shape index (κ2) is 5.26. The molecule has 1 aromatic heterocycles. The van der Waals surface area contributed by atoms with Gasteiger partial charge >= 0.3 is 5.97 Å². The van der Waals surface area contributed by atoms with Gasteiger partial charge < -0.3 is 10.0 Å². The number of nitrogens with zero attached hydrogens (tertiary/aromatic N) is 3. The molecule has 1 rings (SSSR count). The average Bonchev–Trinajstić information content (AvgIpc) is 2.60. The van der Waals surface area contributed by atoms with E-state index in [0.29, 0.717) is 0 Å². The largest absolute Gasteiger partial charge is 0.480 e. The Bertz CT molecular complexity index is 546. The van der Waals surface area contributed by atoms with E-state index in [1.165, 1.54) is 25.8 Å². The van der Waals surface area contributed by atoms with Gasteiger partial charge in [-0.3, -0.25) is 9.48 Å². The van der Waals surface area contributed by atoms with Gasteiger partial charge in [0.25, 0.3) is 0 Å². The number of aliphatic carboxylic acids is 1. The van der Waals surface area contributed by atoms with Gasteiger partial charge in [-0.2, -0.15) is 5.10 Å². The summed E-state index contributed by atoms with van der Waals surface area (Å²) < 4.78 is 1.73. The number of amides is 1. The highest BCUT2D eigenvalue weighted by Gasteiger charge is 2.38. The van der Waals surface area contributed by atoms with E-state index in [-0.39, 0.29) is 5.91 Å². The zero-order valence-corrected chi connectivity index (χ0v) is 13.2. The van der Waals surface area contributed by atoms with Gasteiger partial charge in [-0.25, -0.2) is 4.79 Å². The van der Waals surface area contributed by atoms with Crippen LogP contribution in [0.25, 0.3) is 0 Å². The van der Waals surface area contributed by atoms with Gasteiger partial charge in [-0.05, 0) is 34.6 Å². The normalized spacial score (nSPS) is 13.2. The molecule has 20 heavy (non-hydrogen) atoms. The first kappa shape index (κ1) is 16.2. The van der Waals surface area contributed by atoms with Gasteiger partial charge in [0.15, 0.2) is 0 Å². The molecule has 0 fully saturated rings. The molecule has 0 aliphatic rings. The Morgan fingerprint density at radius 3 is 2.20 bits per heavy atom. The van der Waals surface area contributed by atoms with E-state index in [9.17, 15) is 14.7 Å². The SMILES string of the molecule is Cc1nn(C)c(C)c1C(C)C(=O)N(C)C(C)(C)C(=O)O. The van der Waals surface area contributed by atoms with Crippen LogP contribution in [0, 0.1) is 13.8 Å². The first-order valence-electron chi connectivity index (χ1n) is 6.53. The molecule has 1 amide bonds. The topological polar surface area (TPSA) is 75.4 Å². The Labute approximate surface area is 119 Å². The maximum Gasteiger partial charge on any atom is 0.329 e. The minimum atomic E-state index is -1.24. The smallest absolute Gasteiger partial charge is 0.329 e. The van der Waals surface area contributed by atoms with E-state index in [4.69, 9.17) is 0 Å². The number of aryl methyl sites for hydroxylation is 2. The minimum Gasteiger partial charge on any atom is -0.480 e. The Morgan fingerprint density at radius 2 is 1.85 bits per heavy atom. The quantitative estimate of drug-likeness (QED) is 0.906. The van der Waals surface area contributed by atoms with Gasteiger partial charge in [0, 0.05) is 25.4 Å². The maximum absolute atomic E-state index is 12.5. The summed E-state index contributed by atoms with van der Waals surface area (Å²) in [4.78, 5) is 25.1. The molecule has 0 saturated heterocycles. The summed E-state index contributed by atoms with van der Waals surface area (Å²) in [5.74, 6) is -1.68. The zero-order chi connectivity index (χ0) is 15.8. The molecule has 0 aliphatic heterocycles. The lowest BCUT2D eigenvalue weighted by molar-refractivity contribution is -0.155. The molecule has 112 valence electrons. The molecule has 1 heterocycles. The summed E-state index contributed by atoms with van der Waals surface area (Å²) in [5, 5.41) is 13.5. The Kier molecular flexibility index (Phi) is 4.27. The third-order valence-electron chi connectivity index (χ3n) is 4.06. The molecule has 1 unspecified atom stereocenters. The molecular formula is C14H23N3O3. The number of likely N-dealkylation sites (N-methyl/N-ethyl adjacent to an activating group) is 1. The molecule has 0 radical (unpaired) electrons. The molecule has 6 heteroatoms. The monoisotopic (exact) mass is 281 g/mol. The maximum atomic E-state index is 12.5. The summed E-state index contributed by atoms with van der Waals surface area (Å²) in [6, 6.07) is 0. The summed E-state index contributed by atoms with van der Waals surface area (Å²) in [7, 11) is 3.35. The predicted octanol–water partition coefficient (Wildman–Crippen LogP) is 1.46. The van der Waals surface area contributed by atoms with E-state index in [1.54, 1.807) is 11.6 Å². The lowest BCUT2D eigenvalue weighted by Gasteiger charge is -2.33. The van der Waals surface area contributed by atoms with Gasteiger partial charge in [-0.15, -0.1) is 0 Å². The van der Waals surface area contributed by atoms with Crippen molar-refractivity contribution >= 4 is 11.9 Å². The zero-order valence-electron chi connectivity index (χ0n) is 13.2. The van der Waals surface area contributed by atoms with Crippen molar-refractivity contribution in [3.05, 3.63) is 17.0 Å².